The van der Waals surface area contributed by atoms with Gasteiger partial charge in [-0.2, -0.15) is 0 Å². The van der Waals surface area contributed by atoms with Gasteiger partial charge in [-0.15, -0.1) is 0 Å². The lowest BCUT2D eigenvalue weighted by molar-refractivity contribution is 0.163. The van der Waals surface area contributed by atoms with Crippen molar-refractivity contribution in [2.24, 2.45) is 0 Å². The Labute approximate surface area is 107 Å². The van der Waals surface area contributed by atoms with Crippen LogP contribution in [0, 0.1) is 0 Å². The fourth-order valence-corrected chi connectivity index (χ4v) is 2.52. The predicted molar refractivity (Wildman–Crippen MR) is 73.6 cm³/mol. The summed E-state index contributed by atoms with van der Waals surface area (Å²) in [6, 6.07) is 0. The first-order valence-electron chi connectivity index (χ1n) is 7.10. The van der Waals surface area contributed by atoms with Crippen LogP contribution in [0.15, 0.2) is 0 Å². The fourth-order valence-electron chi connectivity index (χ4n) is 2.00. The Morgan fingerprint density at radius 1 is 0.941 bits per heavy atom. The first-order chi connectivity index (χ1) is 8.20. The van der Waals surface area contributed by atoms with Crippen molar-refractivity contribution in [3.05, 3.63) is 0 Å². The summed E-state index contributed by atoms with van der Waals surface area (Å²) in [4.78, 5) is 8.85. The fraction of sp³-hybridized carbons (Fsp3) is 1.00. The molecule has 0 aliphatic carbocycles. The van der Waals surface area contributed by atoms with Crippen molar-refractivity contribution in [1.29, 1.82) is 0 Å². The molecule has 0 saturated carbocycles. The van der Waals surface area contributed by atoms with Crippen LogP contribution < -0.4 is 0 Å². The minimum Gasteiger partial charge on any atom is -0.326 e. The highest BCUT2D eigenvalue weighted by Gasteiger charge is 2.10. The Bertz CT molecular complexity index is 174. The minimum atomic E-state index is -2.77. The van der Waals surface area contributed by atoms with Crippen LogP contribution in [0.1, 0.15) is 78.1 Å². The first kappa shape index (κ1) is 17.2. The van der Waals surface area contributed by atoms with Crippen molar-refractivity contribution >= 4 is 8.25 Å². The topological polar surface area (TPSA) is 46.5 Å². The molecular formula is C13H29O3P. The van der Waals surface area contributed by atoms with Gasteiger partial charge < -0.3 is 9.42 Å². The van der Waals surface area contributed by atoms with Crippen molar-refractivity contribution in [2.75, 3.05) is 0 Å². The molecule has 0 aliphatic rings. The molecule has 1 atom stereocenters. The SMILES string of the molecule is CCCCCCC(CCCCCC)O[PH](=O)O. The summed E-state index contributed by atoms with van der Waals surface area (Å²) in [6.07, 6.45) is 11.4. The van der Waals surface area contributed by atoms with Crippen molar-refractivity contribution in [2.45, 2.75) is 84.2 Å². The van der Waals surface area contributed by atoms with Crippen LogP contribution in [0.3, 0.4) is 0 Å². The summed E-state index contributed by atoms with van der Waals surface area (Å²) in [7, 11) is -2.77. The number of unbranched alkanes of at least 4 members (excludes halogenated alkanes) is 6. The van der Waals surface area contributed by atoms with Crippen LogP contribution in [0.25, 0.3) is 0 Å². The highest BCUT2D eigenvalue weighted by molar-refractivity contribution is 7.32. The number of hydrogen-bond acceptors (Lipinski definition) is 2. The van der Waals surface area contributed by atoms with Gasteiger partial charge in [-0.1, -0.05) is 65.2 Å². The molecule has 17 heavy (non-hydrogen) atoms. The molecule has 0 aromatic carbocycles. The Morgan fingerprint density at radius 2 is 1.41 bits per heavy atom. The maximum atomic E-state index is 10.8. The van der Waals surface area contributed by atoms with E-state index >= 15 is 0 Å². The van der Waals surface area contributed by atoms with E-state index in [2.05, 4.69) is 13.8 Å². The van der Waals surface area contributed by atoms with E-state index < -0.39 is 8.25 Å². The van der Waals surface area contributed by atoms with Gasteiger partial charge in [0, 0.05) is 0 Å². The van der Waals surface area contributed by atoms with Crippen LogP contribution in [-0.4, -0.2) is 11.0 Å². The van der Waals surface area contributed by atoms with Gasteiger partial charge in [0.05, 0.1) is 6.10 Å². The van der Waals surface area contributed by atoms with Crippen molar-refractivity contribution in [3.8, 4) is 0 Å². The summed E-state index contributed by atoms with van der Waals surface area (Å²) in [6.45, 7) is 4.37. The van der Waals surface area contributed by atoms with E-state index in [9.17, 15) is 4.57 Å². The van der Waals surface area contributed by atoms with Gasteiger partial charge in [-0.05, 0) is 12.8 Å². The van der Waals surface area contributed by atoms with E-state index in [0.717, 1.165) is 25.7 Å². The molecule has 3 nitrogen and oxygen atoms in total. The Morgan fingerprint density at radius 3 is 1.76 bits per heavy atom. The van der Waals surface area contributed by atoms with E-state index in [0.29, 0.717) is 0 Å². The maximum Gasteiger partial charge on any atom is 0.316 e. The van der Waals surface area contributed by atoms with Gasteiger partial charge in [-0.3, -0.25) is 4.57 Å². The second kappa shape index (κ2) is 12.6. The Balaban J connectivity index is 3.68. The molecule has 1 unspecified atom stereocenters. The quantitative estimate of drug-likeness (QED) is 0.410. The van der Waals surface area contributed by atoms with E-state index in [-0.39, 0.29) is 6.10 Å². The molecule has 0 bridgehead atoms. The summed E-state index contributed by atoms with van der Waals surface area (Å²) in [5, 5.41) is 0. The minimum absolute atomic E-state index is 0.0000936. The molecule has 0 saturated heterocycles. The average molecular weight is 264 g/mol. The maximum absolute atomic E-state index is 10.8. The molecule has 0 aromatic rings. The lowest BCUT2D eigenvalue weighted by Crippen LogP contribution is -2.09. The van der Waals surface area contributed by atoms with E-state index in [4.69, 9.17) is 9.42 Å². The predicted octanol–water partition coefficient (Wildman–Crippen LogP) is 4.69. The van der Waals surface area contributed by atoms with Crippen molar-refractivity contribution < 1.29 is 14.0 Å². The molecular weight excluding hydrogens is 235 g/mol. The molecule has 1 N–H and O–H groups in total. The number of hydrogen-bond donors (Lipinski definition) is 1. The van der Waals surface area contributed by atoms with Gasteiger partial charge in [-0.25, -0.2) is 0 Å². The van der Waals surface area contributed by atoms with Gasteiger partial charge >= 0.3 is 8.25 Å². The normalized spacial score (nSPS) is 13.2. The van der Waals surface area contributed by atoms with Gasteiger partial charge in [0.25, 0.3) is 0 Å². The summed E-state index contributed by atoms with van der Waals surface area (Å²) in [5.74, 6) is 0. The molecule has 0 heterocycles. The molecule has 0 aliphatic heterocycles. The summed E-state index contributed by atoms with van der Waals surface area (Å²) in [5.41, 5.74) is 0. The van der Waals surface area contributed by atoms with Crippen LogP contribution in [0.5, 0.6) is 0 Å². The van der Waals surface area contributed by atoms with Crippen LogP contribution in [-0.2, 0) is 9.09 Å². The third kappa shape index (κ3) is 12.4. The Hall–Kier alpha value is 0.150. The second-order valence-electron chi connectivity index (χ2n) is 4.70. The van der Waals surface area contributed by atoms with Crippen LogP contribution in [0.2, 0.25) is 0 Å². The highest BCUT2D eigenvalue weighted by Crippen LogP contribution is 2.25. The smallest absolute Gasteiger partial charge is 0.316 e. The third-order valence-corrected chi connectivity index (χ3v) is 3.56. The monoisotopic (exact) mass is 264 g/mol. The van der Waals surface area contributed by atoms with E-state index in [1.807, 2.05) is 0 Å². The third-order valence-electron chi connectivity index (χ3n) is 3.03. The molecule has 0 rings (SSSR count). The first-order valence-corrected chi connectivity index (χ1v) is 8.36. The average Bonchev–Trinajstić information content (AvgIpc) is 2.29. The van der Waals surface area contributed by atoms with Gasteiger partial charge in [0.1, 0.15) is 0 Å². The zero-order chi connectivity index (χ0) is 12.9. The highest BCUT2D eigenvalue weighted by atomic mass is 31.1. The number of rotatable bonds is 12. The molecule has 0 aromatic heterocycles. The molecule has 0 fully saturated rings. The molecule has 0 spiro atoms. The largest absolute Gasteiger partial charge is 0.326 e. The van der Waals surface area contributed by atoms with Gasteiger partial charge in [0.15, 0.2) is 0 Å². The molecule has 4 heteroatoms. The van der Waals surface area contributed by atoms with E-state index in [1.165, 1.54) is 38.5 Å². The van der Waals surface area contributed by atoms with E-state index in [1.54, 1.807) is 0 Å². The zero-order valence-electron chi connectivity index (χ0n) is 11.4. The second-order valence-corrected chi connectivity index (χ2v) is 5.47. The van der Waals surface area contributed by atoms with Crippen LogP contribution >= 0.6 is 8.25 Å². The molecule has 0 radical (unpaired) electrons. The summed E-state index contributed by atoms with van der Waals surface area (Å²) >= 11 is 0. The van der Waals surface area contributed by atoms with Gasteiger partial charge in [0.2, 0.25) is 0 Å². The summed E-state index contributed by atoms with van der Waals surface area (Å²) < 4.78 is 15.9. The van der Waals surface area contributed by atoms with Crippen molar-refractivity contribution in [3.63, 3.8) is 0 Å². The Kier molecular flexibility index (Phi) is 12.7. The zero-order valence-corrected chi connectivity index (χ0v) is 12.4. The molecule has 104 valence electrons. The lowest BCUT2D eigenvalue weighted by atomic mass is 10.0. The standard InChI is InChI=1S/C13H29O3P/c1-3-5-7-9-11-13(16-17(14)15)12-10-8-6-4-2/h13,17H,3-12H2,1-2H3,(H,14,15). The molecule has 0 amide bonds. The lowest BCUT2D eigenvalue weighted by Gasteiger charge is -2.15. The van der Waals surface area contributed by atoms with Crippen molar-refractivity contribution in [1.82, 2.24) is 0 Å². The van der Waals surface area contributed by atoms with Crippen LogP contribution in [0.4, 0.5) is 0 Å².